The van der Waals surface area contributed by atoms with Crippen LogP contribution >= 0.6 is 11.2 Å². The lowest BCUT2D eigenvalue weighted by atomic mass is 10.4. The first kappa shape index (κ1) is 10.8. The van der Waals surface area contributed by atoms with Crippen LogP contribution in [0.2, 0.25) is 0 Å². The normalized spacial score (nSPS) is 21.6. The smallest absolute Gasteiger partial charge is 0.343 e. The second-order valence-corrected chi connectivity index (χ2v) is 4.55. The van der Waals surface area contributed by atoms with E-state index >= 15 is 0 Å². The monoisotopic (exact) mass is 212 g/mol. The molecule has 1 aliphatic rings. The Morgan fingerprint density at radius 3 is 2.57 bits per heavy atom. The van der Waals surface area contributed by atoms with E-state index in [1.54, 1.807) is 24.5 Å². The summed E-state index contributed by atoms with van der Waals surface area (Å²) < 4.78 is 5.10. The Bertz CT molecular complexity index is 352. The highest BCUT2D eigenvalue weighted by Gasteiger charge is 2.19. The molecule has 1 unspecified atom stereocenters. The molecule has 14 heavy (non-hydrogen) atoms. The van der Waals surface area contributed by atoms with Gasteiger partial charge in [-0.3, -0.25) is 4.79 Å². The molecule has 1 rings (SSSR count). The number of carbonyl (C=O) groups is 2. The topological polar surface area (TPSA) is 43.4 Å². The van der Waals surface area contributed by atoms with Gasteiger partial charge in [-0.15, -0.1) is 0 Å². The standard InChI is InChI=1S/C10H12O3S/c1-7(2)10(12)13-14-6-4-5-9(14)8(3)11/h4-6,14H,1H2,2-3H3. The molecule has 0 aromatic rings. The highest BCUT2D eigenvalue weighted by atomic mass is 32.2. The van der Waals surface area contributed by atoms with Gasteiger partial charge < -0.3 is 4.18 Å². The molecule has 0 spiro atoms. The van der Waals surface area contributed by atoms with E-state index in [9.17, 15) is 9.59 Å². The SMILES string of the molecule is C=C(C)C(=O)O[SH]1C=CC=C1C(C)=O. The number of Topliss-reactive ketones (excluding diaryl/α,β-unsaturated/α-hetero) is 1. The van der Waals surface area contributed by atoms with Gasteiger partial charge in [0.25, 0.3) is 0 Å². The van der Waals surface area contributed by atoms with E-state index in [1.807, 2.05) is 0 Å². The van der Waals surface area contributed by atoms with E-state index in [-0.39, 0.29) is 5.78 Å². The molecule has 0 amide bonds. The summed E-state index contributed by atoms with van der Waals surface area (Å²) in [4.78, 5) is 22.9. The largest absolute Gasteiger partial charge is 0.406 e. The first-order valence-corrected chi connectivity index (χ1v) is 5.41. The molecule has 0 fully saturated rings. The summed E-state index contributed by atoms with van der Waals surface area (Å²) in [6, 6.07) is 0. The van der Waals surface area contributed by atoms with Crippen LogP contribution < -0.4 is 0 Å². The third-order valence-corrected chi connectivity index (χ3v) is 3.35. The van der Waals surface area contributed by atoms with Crippen molar-refractivity contribution in [1.82, 2.24) is 0 Å². The van der Waals surface area contributed by atoms with Crippen LogP contribution in [0.3, 0.4) is 0 Å². The second kappa shape index (κ2) is 4.28. The zero-order chi connectivity index (χ0) is 10.7. The van der Waals surface area contributed by atoms with Crippen molar-refractivity contribution in [3.8, 4) is 0 Å². The highest BCUT2D eigenvalue weighted by Crippen LogP contribution is 2.42. The molecule has 0 radical (unpaired) electrons. The van der Waals surface area contributed by atoms with Crippen LogP contribution in [-0.2, 0) is 13.8 Å². The zero-order valence-electron chi connectivity index (χ0n) is 8.11. The molecule has 0 aromatic heterocycles. The quantitative estimate of drug-likeness (QED) is 0.575. The molecule has 1 atom stereocenters. The Morgan fingerprint density at radius 1 is 1.43 bits per heavy atom. The van der Waals surface area contributed by atoms with Gasteiger partial charge in [-0.1, -0.05) is 12.7 Å². The third kappa shape index (κ3) is 2.35. The number of hydrogen-bond acceptors (Lipinski definition) is 3. The number of carbonyl (C=O) groups excluding carboxylic acids is 2. The molecular weight excluding hydrogens is 200 g/mol. The summed E-state index contributed by atoms with van der Waals surface area (Å²) in [5, 5.41) is 1.73. The minimum Gasteiger partial charge on any atom is -0.406 e. The molecule has 0 saturated carbocycles. The maximum atomic E-state index is 11.2. The Balaban J connectivity index is 2.67. The van der Waals surface area contributed by atoms with E-state index in [1.165, 1.54) is 6.92 Å². The number of ketones is 1. The summed E-state index contributed by atoms with van der Waals surface area (Å²) in [7, 11) is 0. The molecular formula is C10H12O3S. The Labute approximate surface area is 85.7 Å². The summed E-state index contributed by atoms with van der Waals surface area (Å²) >= 11 is -1.20. The van der Waals surface area contributed by atoms with E-state index in [4.69, 9.17) is 4.18 Å². The van der Waals surface area contributed by atoms with Gasteiger partial charge in [-0.25, -0.2) is 4.79 Å². The first-order valence-electron chi connectivity index (χ1n) is 4.09. The van der Waals surface area contributed by atoms with Crippen molar-refractivity contribution >= 4 is 22.9 Å². The molecule has 76 valence electrons. The molecule has 1 aliphatic heterocycles. The molecule has 3 nitrogen and oxygen atoms in total. The Morgan fingerprint density at radius 2 is 2.07 bits per heavy atom. The van der Waals surface area contributed by atoms with Crippen LogP contribution in [0.1, 0.15) is 13.8 Å². The lowest BCUT2D eigenvalue weighted by Crippen LogP contribution is -2.05. The molecule has 0 saturated heterocycles. The molecule has 0 aliphatic carbocycles. The molecule has 0 N–H and O–H groups in total. The van der Waals surface area contributed by atoms with E-state index in [2.05, 4.69) is 6.58 Å². The van der Waals surface area contributed by atoms with Crippen molar-refractivity contribution < 1.29 is 13.8 Å². The van der Waals surface area contributed by atoms with Crippen molar-refractivity contribution in [1.29, 1.82) is 0 Å². The van der Waals surface area contributed by atoms with Crippen LogP contribution in [0.4, 0.5) is 0 Å². The first-order chi connectivity index (χ1) is 6.52. The molecule has 1 heterocycles. The fourth-order valence-electron chi connectivity index (χ4n) is 0.885. The third-order valence-electron chi connectivity index (χ3n) is 1.60. The van der Waals surface area contributed by atoms with Crippen molar-refractivity contribution in [3.05, 3.63) is 34.6 Å². The summed E-state index contributed by atoms with van der Waals surface area (Å²) in [6.07, 6.45) is 3.41. The predicted molar refractivity (Wildman–Crippen MR) is 57.8 cm³/mol. The van der Waals surface area contributed by atoms with Gasteiger partial charge >= 0.3 is 5.97 Å². The van der Waals surface area contributed by atoms with Gasteiger partial charge in [0.15, 0.2) is 5.78 Å². The number of hydrogen-bond donors (Lipinski definition) is 1. The lowest BCUT2D eigenvalue weighted by molar-refractivity contribution is -0.128. The van der Waals surface area contributed by atoms with Crippen LogP contribution in [-0.4, -0.2) is 11.8 Å². The van der Waals surface area contributed by atoms with Crippen LogP contribution in [0.25, 0.3) is 0 Å². The lowest BCUT2D eigenvalue weighted by Gasteiger charge is -2.16. The van der Waals surface area contributed by atoms with E-state index in [0.29, 0.717) is 10.5 Å². The number of allylic oxidation sites excluding steroid dienone is 3. The van der Waals surface area contributed by atoms with Gasteiger partial charge in [0.1, 0.15) is 0 Å². The van der Waals surface area contributed by atoms with Crippen LogP contribution in [0.5, 0.6) is 0 Å². The second-order valence-electron chi connectivity index (χ2n) is 2.93. The van der Waals surface area contributed by atoms with Crippen molar-refractivity contribution in [2.75, 3.05) is 0 Å². The van der Waals surface area contributed by atoms with Crippen LogP contribution in [0.15, 0.2) is 34.6 Å². The molecule has 4 heteroatoms. The summed E-state index contributed by atoms with van der Waals surface area (Å²) in [5.74, 6) is -0.509. The number of thiol groups is 1. The zero-order valence-corrected chi connectivity index (χ0v) is 9.01. The predicted octanol–water partition coefficient (Wildman–Crippen LogP) is 2.02. The fraction of sp³-hybridized carbons (Fsp3) is 0.200. The van der Waals surface area contributed by atoms with Gasteiger partial charge in [0.2, 0.25) is 0 Å². The minimum atomic E-state index is -1.20. The molecule has 0 aromatic carbocycles. The number of rotatable bonds is 3. The van der Waals surface area contributed by atoms with E-state index in [0.717, 1.165) is 0 Å². The fourth-order valence-corrected chi connectivity index (χ4v) is 2.33. The average Bonchev–Trinajstić information content (AvgIpc) is 2.52. The maximum absolute atomic E-state index is 11.2. The van der Waals surface area contributed by atoms with Crippen molar-refractivity contribution in [3.63, 3.8) is 0 Å². The Hall–Kier alpha value is -1.29. The maximum Gasteiger partial charge on any atom is 0.343 e. The minimum absolute atomic E-state index is 0.0596. The van der Waals surface area contributed by atoms with Gasteiger partial charge in [-0.05, 0) is 36.5 Å². The summed E-state index contributed by atoms with van der Waals surface area (Å²) in [5.41, 5.74) is 0.343. The van der Waals surface area contributed by atoms with Crippen LogP contribution in [0, 0.1) is 0 Å². The average molecular weight is 212 g/mol. The van der Waals surface area contributed by atoms with Crippen molar-refractivity contribution in [2.24, 2.45) is 0 Å². The van der Waals surface area contributed by atoms with Gasteiger partial charge in [-0.2, -0.15) is 0 Å². The highest BCUT2D eigenvalue weighted by molar-refractivity contribution is 8.20. The Kier molecular flexibility index (Phi) is 3.30. The van der Waals surface area contributed by atoms with Crippen molar-refractivity contribution in [2.45, 2.75) is 13.8 Å². The van der Waals surface area contributed by atoms with E-state index < -0.39 is 17.1 Å². The summed E-state index contributed by atoms with van der Waals surface area (Å²) in [6.45, 7) is 6.51. The molecule has 0 bridgehead atoms. The van der Waals surface area contributed by atoms with Gasteiger partial charge in [0.05, 0.1) is 4.91 Å². The van der Waals surface area contributed by atoms with Gasteiger partial charge in [0, 0.05) is 5.57 Å².